The summed E-state index contributed by atoms with van der Waals surface area (Å²) in [7, 11) is 0. The number of carbonyl (C=O) groups excluding carboxylic acids is 1. The highest BCUT2D eigenvalue weighted by atomic mass is 16.1. The fourth-order valence-electron chi connectivity index (χ4n) is 4.34. The zero-order valence-electron chi connectivity index (χ0n) is 13.2. The minimum atomic E-state index is -0.367. The van der Waals surface area contributed by atoms with Gasteiger partial charge in [-0.2, -0.15) is 0 Å². The van der Waals surface area contributed by atoms with Crippen LogP contribution in [-0.2, 0) is 23.2 Å². The number of nitrogens with zero attached hydrogens (tertiary/aromatic N) is 1. The standard InChI is InChI=1S/C19H27NO/c1-2-12-19(15-21,20-13-5-6-14-20)18-11-7-9-16-8-3-4-10-17(16)18/h7,9,11,15H,2-6,8,10,12-14H2,1H3. The minimum absolute atomic E-state index is 0.367. The fraction of sp³-hybridized carbons (Fsp3) is 0.632. The molecular weight excluding hydrogens is 258 g/mol. The Hall–Kier alpha value is -1.15. The number of aldehydes is 1. The van der Waals surface area contributed by atoms with Crippen molar-refractivity contribution in [3.63, 3.8) is 0 Å². The zero-order valence-corrected chi connectivity index (χ0v) is 13.2. The van der Waals surface area contributed by atoms with Crippen LogP contribution in [0.15, 0.2) is 18.2 Å². The molecule has 1 aromatic rings. The Morgan fingerprint density at radius 3 is 2.62 bits per heavy atom. The molecule has 1 aromatic carbocycles. The van der Waals surface area contributed by atoms with Crippen LogP contribution in [0.3, 0.4) is 0 Å². The first-order chi connectivity index (χ1) is 10.3. The third kappa shape index (κ3) is 2.55. The molecule has 1 heterocycles. The predicted molar refractivity (Wildman–Crippen MR) is 86.5 cm³/mol. The van der Waals surface area contributed by atoms with Crippen molar-refractivity contribution in [2.45, 2.75) is 63.8 Å². The van der Waals surface area contributed by atoms with Crippen LogP contribution in [0.25, 0.3) is 0 Å². The van der Waals surface area contributed by atoms with Crippen molar-refractivity contribution in [2.75, 3.05) is 13.1 Å². The lowest BCUT2D eigenvalue weighted by molar-refractivity contribution is -0.119. The number of fused-ring (bicyclic) bond motifs is 1. The van der Waals surface area contributed by atoms with Crippen molar-refractivity contribution in [1.29, 1.82) is 0 Å². The number of aryl methyl sites for hydroxylation is 1. The molecule has 21 heavy (non-hydrogen) atoms. The van der Waals surface area contributed by atoms with Gasteiger partial charge >= 0.3 is 0 Å². The summed E-state index contributed by atoms with van der Waals surface area (Å²) in [5, 5.41) is 0. The third-order valence-electron chi connectivity index (χ3n) is 5.36. The first-order valence-corrected chi connectivity index (χ1v) is 8.64. The second-order valence-corrected chi connectivity index (χ2v) is 6.64. The Morgan fingerprint density at radius 1 is 1.14 bits per heavy atom. The molecule has 1 atom stereocenters. The van der Waals surface area contributed by atoms with Crippen molar-refractivity contribution < 1.29 is 4.79 Å². The van der Waals surface area contributed by atoms with E-state index in [4.69, 9.17) is 0 Å². The topological polar surface area (TPSA) is 20.3 Å². The molecule has 0 amide bonds. The van der Waals surface area contributed by atoms with E-state index in [1.54, 1.807) is 0 Å². The molecule has 114 valence electrons. The molecule has 0 bridgehead atoms. The van der Waals surface area contributed by atoms with Gasteiger partial charge < -0.3 is 4.79 Å². The van der Waals surface area contributed by atoms with Crippen molar-refractivity contribution in [3.8, 4) is 0 Å². The third-order valence-corrected chi connectivity index (χ3v) is 5.36. The molecule has 2 heteroatoms. The van der Waals surface area contributed by atoms with Gasteiger partial charge in [0.2, 0.25) is 0 Å². The lowest BCUT2D eigenvalue weighted by Crippen LogP contribution is -2.47. The summed E-state index contributed by atoms with van der Waals surface area (Å²) in [5.41, 5.74) is 3.92. The molecule has 0 saturated carbocycles. The fourth-order valence-corrected chi connectivity index (χ4v) is 4.34. The molecule has 0 radical (unpaired) electrons. The molecular formula is C19H27NO. The Balaban J connectivity index is 2.09. The molecule has 0 aromatic heterocycles. The molecule has 1 aliphatic carbocycles. The van der Waals surface area contributed by atoms with Gasteiger partial charge in [0.25, 0.3) is 0 Å². The van der Waals surface area contributed by atoms with E-state index in [2.05, 4.69) is 30.0 Å². The monoisotopic (exact) mass is 285 g/mol. The van der Waals surface area contributed by atoms with Gasteiger partial charge in [0, 0.05) is 0 Å². The summed E-state index contributed by atoms with van der Waals surface area (Å²) in [6.45, 7) is 4.34. The van der Waals surface area contributed by atoms with E-state index in [-0.39, 0.29) is 5.54 Å². The van der Waals surface area contributed by atoms with Crippen LogP contribution in [-0.4, -0.2) is 24.3 Å². The lowest BCUT2D eigenvalue weighted by Gasteiger charge is -2.40. The maximum absolute atomic E-state index is 12.2. The summed E-state index contributed by atoms with van der Waals surface area (Å²) in [5.74, 6) is 0. The number of benzene rings is 1. The van der Waals surface area contributed by atoms with Crippen LogP contribution in [0.2, 0.25) is 0 Å². The molecule has 1 saturated heterocycles. The highest BCUT2D eigenvalue weighted by molar-refractivity contribution is 5.70. The first kappa shape index (κ1) is 14.8. The van der Waals surface area contributed by atoms with Crippen LogP contribution in [0, 0.1) is 0 Å². The molecule has 1 fully saturated rings. The van der Waals surface area contributed by atoms with Gasteiger partial charge in [-0.1, -0.05) is 31.5 Å². The van der Waals surface area contributed by atoms with Crippen molar-refractivity contribution >= 4 is 6.29 Å². The number of hydrogen-bond donors (Lipinski definition) is 0. The largest absolute Gasteiger partial charge is 0.301 e. The highest BCUT2D eigenvalue weighted by Gasteiger charge is 2.40. The quantitative estimate of drug-likeness (QED) is 0.766. The molecule has 0 spiro atoms. The van der Waals surface area contributed by atoms with Crippen molar-refractivity contribution in [1.82, 2.24) is 4.90 Å². The van der Waals surface area contributed by atoms with Gasteiger partial charge in [0.05, 0.1) is 0 Å². The second kappa shape index (κ2) is 6.31. The molecule has 2 nitrogen and oxygen atoms in total. The summed E-state index contributed by atoms with van der Waals surface area (Å²) in [6, 6.07) is 6.67. The van der Waals surface area contributed by atoms with E-state index in [0.717, 1.165) is 32.4 Å². The van der Waals surface area contributed by atoms with E-state index in [0.29, 0.717) is 0 Å². The van der Waals surface area contributed by atoms with Crippen molar-refractivity contribution in [3.05, 3.63) is 34.9 Å². The van der Waals surface area contributed by atoms with E-state index >= 15 is 0 Å². The Bertz CT molecular complexity index is 504. The molecule has 1 aliphatic heterocycles. The van der Waals surface area contributed by atoms with Crippen LogP contribution < -0.4 is 0 Å². The van der Waals surface area contributed by atoms with Crippen molar-refractivity contribution in [2.24, 2.45) is 0 Å². The van der Waals surface area contributed by atoms with E-state index < -0.39 is 0 Å². The first-order valence-electron chi connectivity index (χ1n) is 8.64. The van der Waals surface area contributed by atoms with Gasteiger partial charge in [-0.3, -0.25) is 4.90 Å². The Labute approximate surface area is 128 Å². The maximum Gasteiger partial charge on any atom is 0.144 e. The molecule has 2 aliphatic rings. The SMILES string of the molecule is CCCC(C=O)(c1cccc2c1CCCC2)N1CCCC1. The average Bonchev–Trinajstić information content (AvgIpc) is 3.07. The highest BCUT2D eigenvalue weighted by Crippen LogP contribution is 2.39. The Morgan fingerprint density at radius 2 is 1.90 bits per heavy atom. The van der Waals surface area contributed by atoms with Gasteiger partial charge in [-0.15, -0.1) is 0 Å². The average molecular weight is 285 g/mol. The zero-order chi connectivity index (χ0) is 14.7. The maximum atomic E-state index is 12.2. The summed E-state index contributed by atoms with van der Waals surface area (Å²) in [6.07, 6.45) is 10.6. The van der Waals surface area contributed by atoms with Gasteiger partial charge in [0.1, 0.15) is 11.8 Å². The van der Waals surface area contributed by atoms with Crippen LogP contribution in [0.5, 0.6) is 0 Å². The second-order valence-electron chi connectivity index (χ2n) is 6.64. The van der Waals surface area contributed by atoms with E-state index in [1.165, 1.54) is 55.1 Å². The van der Waals surface area contributed by atoms with Gasteiger partial charge in [-0.05, 0) is 74.7 Å². The van der Waals surface area contributed by atoms with Crippen LogP contribution in [0.4, 0.5) is 0 Å². The van der Waals surface area contributed by atoms with Crippen LogP contribution in [0.1, 0.15) is 62.1 Å². The minimum Gasteiger partial charge on any atom is -0.301 e. The smallest absolute Gasteiger partial charge is 0.144 e. The number of carbonyl (C=O) groups is 1. The van der Waals surface area contributed by atoms with Crippen LogP contribution >= 0.6 is 0 Å². The van der Waals surface area contributed by atoms with Gasteiger partial charge in [0.15, 0.2) is 0 Å². The van der Waals surface area contributed by atoms with E-state index in [1.807, 2.05) is 0 Å². The normalized spacial score (nSPS) is 21.8. The number of hydrogen-bond acceptors (Lipinski definition) is 2. The Kier molecular flexibility index (Phi) is 4.44. The summed E-state index contributed by atoms with van der Waals surface area (Å²) < 4.78 is 0. The predicted octanol–water partition coefficient (Wildman–Crippen LogP) is 3.86. The number of likely N-dealkylation sites (tertiary alicyclic amines) is 1. The number of rotatable bonds is 5. The molecule has 3 rings (SSSR count). The van der Waals surface area contributed by atoms with E-state index in [9.17, 15) is 4.79 Å². The molecule has 0 N–H and O–H groups in total. The lowest BCUT2D eigenvalue weighted by atomic mass is 9.77. The summed E-state index contributed by atoms with van der Waals surface area (Å²) in [4.78, 5) is 14.7. The molecule has 1 unspecified atom stereocenters. The summed E-state index contributed by atoms with van der Waals surface area (Å²) >= 11 is 0. The van der Waals surface area contributed by atoms with Gasteiger partial charge in [-0.25, -0.2) is 0 Å².